The maximum atomic E-state index is 12.5. The predicted molar refractivity (Wildman–Crippen MR) is 102 cm³/mol. The first-order chi connectivity index (χ1) is 12.1. The molecule has 0 spiro atoms. The molecule has 2 N–H and O–H groups in total. The molecule has 1 heterocycles. The highest BCUT2D eigenvalue weighted by molar-refractivity contribution is 7.89. The van der Waals surface area contributed by atoms with E-state index < -0.39 is 10.0 Å². The summed E-state index contributed by atoms with van der Waals surface area (Å²) in [4.78, 5) is 4.93. The fraction of sp³-hybridized carbons (Fsp3) is 0.611. The third kappa shape index (κ3) is 5.71. The van der Waals surface area contributed by atoms with Crippen LogP contribution in [0.5, 0.6) is 0 Å². The first-order valence-electron chi connectivity index (χ1n) is 9.19. The van der Waals surface area contributed by atoms with Gasteiger partial charge in [-0.3, -0.25) is 0 Å². The van der Waals surface area contributed by atoms with Crippen molar-refractivity contribution in [3.05, 3.63) is 29.8 Å². The maximum Gasteiger partial charge on any atom is 0.243 e. The average molecular weight is 367 g/mol. The Labute approximate surface area is 151 Å². The van der Waals surface area contributed by atoms with Gasteiger partial charge in [-0.1, -0.05) is 25.5 Å². The number of guanidine groups is 1. The lowest BCUT2D eigenvalue weighted by Crippen LogP contribution is -2.37. The van der Waals surface area contributed by atoms with Crippen molar-refractivity contribution in [1.29, 1.82) is 0 Å². The molecule has 0 aromatic heterocycles. The molecule has 1 fully saturated rings. The summed E-state index contributed by atoms with van der Waals surface area (Å²) in [6.45, 7) is 7.68. The van der Waals surface area contributed by atoms with Gasteiger partial charge in [0.1, 0.15) is 0 Å². The van der Waals surface area contributed by atoms with E-state index in [9.17, 15) is 8.42 Å². The molecule has 6 nitrogen and oxygen atoms in total. The van der Waals surface area contributed by atoms with Gasteiger partial charge in [0.05, 0.1) is 11.4 Å². The molecule has 2 rings (SSSR count). The van der Waals surface area contributed by atoms with Crippen LogP contribution in [0.25, 0.3) is 0 Å². The molecule has 0 unspecified atom stereocenters. The summed E-state index contributed by atoms with van der Waals surface area (Å²) in [6, 6.07) is 7.08. The first kappa shape index (κ1) is 19.7. The minimum Gasteiger partial charge on any atom is -0.357 e. The smallest absolute Gasteiger partial charge is 0.243 e. The number of benzene rings is 1. The molecule has 1 aliphatic heterocycles. The molecular formula is C18H30N4O2S. The van der Waals surface area contributed by atoms with Gasteiger partial charge in [0, 0.05) is 26.2 Å². The van der Waals surface area contributed by atoms with Crippen molar-refractivity contribution in [2.24, 2.45) is 4.99 Å². The summed E-state index contributed by atoms with van der Waals surface area (Å²) in [5.41, 5.74) is 0.994. The molecule has 7 heteroatoms. The van der Waals surface area contributed by atoms with Crippen molar-refractivity contribution >= 4 is 16.0 Å². The van der Waals surface area contributed by atoms with Gasteiger partial charge in [-0.05, 0) is 43.9 Å². The largest absolute Gasteiger partial charge is 0.357 e. The van der Waals surface area contributed by atoms with Gasteiger partial charge >= 0.3 is 0 Å². The average Bonchev–Trinajstić information content (AvgIpc) is 3.16. The van der Waals surface area contributed by atoms with E-state index in [2.05, 4.69) is 22.5 Å². The van der Waals surface area contributed by atoms with Crippen LogP contribution in [0.3, 0.4) is 0 Å². The Bertz CT molecular complexity index is 650. The van der Waals surface area contributed by atoms with Crippen molar-refractivity contribution in [3.63, 3.8) is 0 Å². The SMILES string of the molecule is CCCCNC(=NCc1ccc(S(=O)(=O)N2CCCC2)cc1)NCC. The van der Waals surface area contributed by atoms with Gasteiger partial charge < -0.3 is 10.6 Å². The van der Waals surface area contributed by atoms with Gasteiger partial charge in [-0.15, -0.1) is 0 Å². The van der Waals surface area contributed by atoms with Crippen LogP contribution >= 0.6 is 0 Å². The quantitative estimate of drug-likeness (QED) is 0.421. The van der Waals surface area contributed by atoms with Crippen LogP contribution in [-0.4, -0.2) is 44.9 Å². The number of nitrogens with zero attached hydrogens (tertiary/aromatic N) is 2. The van der Waals surface area contributed by atoms with Gasteiger partial charge in [-0.2, -0.15) is 4.31 Å². The second-order valence-electron chi connectivity index (χ2n) is 6.23. The Morgan fingerprint density at radius 2 is 1.80 bits per heavy atom. The van der Waals surface area contributed by atoms with Crippen molar-refractivity contribution in [1.82, 2.24) is 14.9 Å². The number of rotatable bonds is 8. The molecule has 0 atom stereocenters. The minimum absolute atomic E-state index is 0.370. The van der Waals surface area contributed by atoms with Crippen molar-refractivity contribution in [2.75, 3.05) is 26.2 Å². The summed E-state index contributed by atoms with van der Waals surface area (Å²) >= 11 is 0. The van der Waals surface area contributed by atoms with E-state index in [-0.39, 0.29) is 0 Å². The van der Waals surface area contributed by atoms with Gasteiger partial charge in [0.25, 0.3) is 0 Å². The van der Waals surface area contributed by atoms with Crippen LogP contribution < -0.4 is 10.6 Å². The number of sulfonamides is 1. The normalized spacial score (nSPS) is 16.2. The van der Waals surface area contributed by atoms with Crippen molar-refractivity contribution < 1.29 is 8.42 Å². The number of hydrogen-bond acceptors (Lipinski definition) is 3. The monoisotopic (exact) mass is 366 g/mol. The third-order valence-corrected chi connectivity index (χ3v) is 6.13. The highest BCUT2D eigenvalue weighted by atomic mass is 32.2. The second-order valence-corrected chi connectivity index (χ2v) is 8.17. The van der Waals surface area contributed by atoms with Gasteiger partial charge in [0.2, 0.25) is 10.0 Å². The highest BCUT2D eigenvalue weighted by Crippen LogP contribution is 2.21. The van der Waals surface area contributed by atoms with Gasteiger partial charge in [-0.25, -0.2) is 13.4 Å². The number of nitrogens with one attached hydrogen (secondary N) is 2. The van der Waals surface area contributed by atoms with Gasteiger partial charge in [0.15, 0.2) is 5.96 Å². The lowest BCUT2D eigenvalue weighted by atomic mass is 10.2. The zero-order valence-corrected chi connectivity index (χ0v) is 16.1. The Balaban J connectivity index is 1.99. The third-order valence-electron chi connectivity index (χ3n) is 4.21. The minimum atomic E-state index is -3.34. The van der Waals surface area contributed by atoms with Crippen LogP contribution in [0, 0.1) is 0 Å². The number of unbranched alkanes of at least 4 members (excludes halogenated alkanes) is 1. The van der Waals surface area contributed by atoms with Crippen molar-refractivity contribution in [2.45, 2.75) is 51.0 Å². The summed E-state index contributed by atoms with van der Waals surface area (Å²) in [6.07, 6.45) is 4.14. The summed E-state index contributed by atoms with van der Waals surface area (Å²) in [7, 11) is -3.34. The Morgan fingerprint density at radius 3 is 2.40 bits per heavy atom. The molecule has 0 amide bonds. The first-order valence-corrected chi connectivity index (χ1v) is 10.6. The van der Waals surface area contributed by atoms with Crippen molar-refractivity contribution in [3.8, 4) is 0 Å². The highest BCUT2D eigenvalue weighted by Gasteiger charge is 2.26. The Hall–Kier alpha value is -1.60. The molecule has 140 valence electrons. The molecule has 1 aromatic rings. The standard InChI is InChI=1S/C18H30N4O2S/c1-3-5-12-20-18(19-4-2)21-15-16-8-10-17(11-9-16)25(23,24)22-13-6-7-14-22/h8-11H,3-7,12-15H2,1-2H3,(H2,19,20,21). The van der Waals surface area contributed by atoms with Crippen LogP contribution in [0.1, 0.15) is 45.1 Å². The Kier molecular flexibility index (Phi) is 7.71. The summed E-state index contributed by atoms with van der Waals surface area (Å²) < 4.78 is 26.6. The molecule has 0 bridgehead atoms. The van der Waals surface area contributed by atoms with E-state index in [1.165, 1.54) is 0 Å². The lowest BCUT2D eigenvalue weighted by Gasteiger charge is -2.15. The Morgan fingerprint density at radius 1 is 1.12 bits per heavy atom. The zero-order valence-electron chi connectivity index (χ0n) is 15.3. The molecule has 0 saturated carbocycles. The van der Waals surface area contributed by atoms with Crippen LogP contribution in [-0.2, 0) is 16.6 Å². The number of hydrogen-bond donors (Lipinski definition) is 2. The number of aliphatic imine (C=N–C) groups is 1. The van der Waals surface area contributed by atoms with E-state index in [0.29, 0.717) is 24.5 Å². The summed E-state index contributed by atoms with van der Waals surface area (Å²) in [5.74, 6) is 0.796. The molecule has 1 aliphatic rings. The van der Waals surface area contributed by atoms with E-state index >= 15 is 0 Å². The zero-order chi connectivity index (χ0) is 18.1. The molecule has 25 heavy (non-hydrogen) atoms. The summed E-state index contributed by atoms with van der Waals surface area (Å²) in [5, 5.41) is 6.52. The topological polar surface area (TPSA) is 73.8 Å². The molecule has 1 aromatic carbocycles. The van der Waals surface area contributed by atoms with E-state index in [1.807, 2.05) is 19.1 Å². The van der Waals surface area contributed by atoms with E-state index in [1.54, 1.807) is 16.4 Å². The van der Waals surface area contributed by atoms with E-state index in [0.717, 1.165) is 50.3 Å². The molecule has 1 saturated heterocycles. The maximum absolute atomic E-state index is 12.5. The molecular weight excluding hydrogens is 336 g/mol. The second kappa shape index (κ2) is 9.77. The predicted octanol–water partition coefficient (Wildman–Crippen LogP) is 2.33. The molecule has 0 aliphatic carbocycles. The van der Waals surface area contributed by atoms with Crippen LogP contribution in [0.2, 0.25) is 0 Å². The van der Waals surface area contributed by atoms with Crippen LogP contribution in [0.15, 0.2) is 34.2 Å². The fourth-order valence-electron chi connectivity index (χ4n) is 2.74. The fourth-order valence-corrected chi connectivity index (χ4v) is 4.26. The molecule has 0 radical (unpaired) electrons. The van der Waals surface area contributed by atoms with E-state index in [4.69, 9.17) is 0 Å². The van der Waals surface area contributed by atoms with Crippen LogP contribution in [0.4, 0.5) is 0 Å². The lowest BCUT2D eigenvalue weighted by molar-refractivity contribution is 0.477.